The van der Waals surface area contributed by atoms with E-state index in [2.05, 4.69) is 245 Å². The number of hydrogen-bond donors (Lipinski definition) is 0. The Balaban J connectivity index is 0.000000171. The Morgan fingerprint density at radius 1 is 0.297 bits per heavy atom. The molecule has 12 aromatic carbocycles. The van der Waals surface area contributed by atoms with Crippen LogP contribution in [0.5, 0.6) is 0 Å². The summed E-state index contributed by atoms with van der Waals surface area (Å²) in [6.45, 7) is 8.87. The molecule has 0 spiro atoms. The summed E-state index contributed by atoms with van der Waals surface area (Å²) in [5.41, 5.74) is 13.5. The van der Waals surface area contributed by atoms with Crippen LogP contribution in [0.2, 0.25) is 13.1 Å². The number of benzene rings is 10. The van der Waals surface area contributed by atoms with Crippen LogP contribution in [0.3, 0.4) is 0 Å². The van der Waals surface area contributed by atoms with Crippen LogP contribution < -0.4 is 0 Å². The van der Waals surface area contributed by atoms with Crippen molar-refractivity contribution in [3.05, 3.63) is 230 Å². The van der Waals surface area contributed by atoms with Gasteiger partial charge in [0.2, 0.25) is 0 Å². The Kier molecular flexibility index (Phi) is 17.8. The largest absolute Gasteiger partial charge is 2.00 e. The summed E-state index contributed by atoms with van der Waals surface area (Å²) in [5, 5.41) is 15.9. The molecular weight excluding hydrogens is 984 g/mol. The third-order valence-electron chi connectivity index (χ3n) is 14.9. The van der Waals surface area contributed by atoms with Gasteiger partial charge in [0, 0.05) is 9.52 Å². The van der Waals surface area contributed by atoms with Crippen molar-refractivity contribution < 1.29 is 26.2 Å². The van der Waals surface area contributed by atoms with E-state index in [9.17, 15) is 0 Å². The van der Waals surface area contributed by atoms with E-state index in [1.54, 1.807) is 0 Å². The molecular formula is C72H68SiZr. The van der Waals surface area contributed by atoms with Gasteiger partial charge in [0.15, 0.2) is 0 Å². The van der Waals surface area contributed by atoms with E-state index in [4.69, 9.17) is 0 Å². The van der Waals surface area contributed by atoms with Crippen molar-refractivity contribution in [2.24, 2.45) is 0 Å². The van der Waals surface area contributed by atoms with Crippen LogP contribution in [0.1, 0.15) is 76.3 Å². The predicted molar refractivity (Wildman–Crippen MR) is 324 cm³/mol. The molecule has 0 fully saturated rings. The van der Waals surface area contributed by atoms with Gasteiger partial charge in [-0.1, -0.05) is 306 Å². The molecule has 0 aliphatic heterocycles. The van der Waals surface area contributed by atoms with Crippen molar-refractivity contribution in [1.29, 1.82) is 0 Å². The number of aryl methyl sites for hydroxylation is 2. The molecule has 0 aliphatic rings. The van der Waals surface area contributed by atoms with Crippen molar-refractivity contribution >= 4 is 74.2 Å². The minimum Gasteiger partial charge on any atom is -0.164 e. The topological polar surface area (TPSA) is 0 Å². The maximum atomic E-state index is 2.47. The first-order valence-corrected chi connectivity index (χ1v) is 29.0. The van der Waals surface area contributed by atoms with Gasteiger partial charge in [0.1, 0.15) is 0 Å². The average Bonchev–Trinajstić information content (AvgIpc) is 4.08. The average molecular weight is 1050 g/mol. The van der Waals surface area contributed by atoms with Crippen molar-refractivity contribution in [3.8, 4) is 44.5 Å². The molecule has 12 aromatic rings. The van der Waals surface area contributed by atoms with Crippen molar-refractivity contribution in [2.75, 3.05) is 0 Å². The molecule has 0 bridgehead atoms. The summed E-state index contributed by atoms with van der Waals surface area (Å²) < 4.78 is 0. The van der Waals surface area contributed by atoms with E-state index in [0.29, 0.717) is 0 Å². The molecule has 0 nitrogen and oxygen atoms in total. The second-order valence-corrected chi connectivity index (χ2v) is 20.9. The molecule has 364 valence electrons. The third-order valence-corrected chi connectivity index (χ3v) is 14.9. The maximum absolute atomic E-state index is 2.47. The standard InChI is InChI=1S/2C35H31.C2H6Si.Zr/c2*1-2-3-4-5-12-25-23-34-32(30-19-10-15-26-13-6-8-17-28(26)30)21-22-33(35(34)24-25)31-20-11-16-27-14-7-9-18-29(27)31;1-3-2;/h2*6-11,13-24H,2-5,12H2,1H3;1-2H3;/q2*-1;;+2. The number of unbranched alkanes of at least 4 members (excludes halogenated alkanes) is 6. The molecule has 2 radical (unpaired) electrons. The molecule has 74 heavy (non-hydrogen) atoms. The first-order chi connectivity index (χ1) is 36.1. The van der Waals surface area contributed by atoms with Gasteiger partial charge >= 0.3 is 26.2 Å². The second kappa shape index (κ2) is 25.2. The molecule has 0 saturated carbocycles. The van der Waals surface area contributed by atoms with Gasteiger partial charge in [-0.2, -0.15) is 12.1 Å². The zero-order valence-electron chi connectivity index (χ0n) is 43.9. The fourth-order valence-corrected chi connectivity index (χ4v) is 11.3. The molecule has 0 unspecified atom stereocenters. The van der Waals surface area contributed by atoms with Gasteiger partial charge in [0.25, 0.3) is 0 Å². The van der Waals surface area contributed by atoms with Crippen molar-refractivity contribution in [3.63, 3.8) is 0 Å². The Morgan fingerprint density at radius 3 is 0.892 bits per heavy atom. The van der Waals surface area contributed by atoms with Gasteiger partial charge in [-0.15, -0.1) is 44.8 Å². The van der Waals surface area contributed by atoms with E-state index in [1.165, 1.54) is 172 Å². The molecule has 0 atom stereocenters. The maximum Gasteiger partial charge on any atom is 2.00 e. The van der Waals surface area contributed by atoms with E-state index < -0.39 is 0 Å². The van der Waals surface area contributed by atoms with Crippen LogP contribution in [0.15, 0.2) is 218 Å². The summed E-state index contributed by atoms with van der Waals surface area (Å²) in [6, 6.07) is 81.0. The summed E-state index contributed by atoms with van der Waals surface area (Å²) in [5.74, 6) is 0. The SMILES string of the molecule is CCCCCCc1cc2c(-c3cccc4ccccc34)ccc(-c3cccc4ccccc34)c2[cH-]1.CCCCCCc1cc2c(-c3cccc4ccccc34)ccc(-c3cccc4ccccc34)c2[cH-]1.C[Si]C.[Zr+2]. The molecule has 0 amide bonds. The Labute approximate surface area is 462 Å². The van der Waals surface area contributed by atoms with Crippen LogP contribution in [0, 0.1) is 0 Å². The Morgan fingerprint density at radius 2 is 0.568 bits per heavy atom. The van der Waals surface area contributed by atoms with Crippen molar-refractivity contribution in [1.82, 2.24) is 0 Å². The fourth-order valence-electron chi connectivity index (χ4n) is 11.3. The normalized spacial score (nSPS) is 11.2. The summed E-state index contributed by atoms with van der Waals surface area (Å²) in [7, 11) is 1.08. The van der Waals surface area contributed by atoms with Crippen LogP contribution >= 0.6 is 0 Å². The minimum absolute atomic E-state index is 0. The second-order valence-electron chi connectivity index (χ2n) is 19.9. The summed E-state index contributed by atoms with van der Waals surface area (Å²) >= 11 is 0. The molecule has 0 aliphatic carbocycles. The predicted octanol–water partition coefficient (Wildman–Crippen LogP) is 21.4. The van der Waals surface area contributed by atoms with E-state index in [0.717, 1.165) is 22.4 Å². The van der Waals surface area contributed by atoms with Crippen molar-refractivity contribution in [2.45, 2.75) is 91.1 Å². The summed E-state index contributed by atoms with van der Waals surface area (Å²) in [6.07, 6.45) is 12.6. The first-order valence-electron chi connectivity index (χ1n) is 27.0. The monoisotopic (exact) mass is 1050 g/mol. The van der Waals surface area contributed by atoms with Gasteiger partial charge in [-0.25, -0.2) is 0 Å². The zero-order chi connectivity index (χ0) is 49.9. The van der Waals surface area contributed by atoms with Crippen LogP contribution in [0.4, 0.5) is 0 Å². The number of rotatable bonds is 14. The van der Waals surface area contributed by atoms with Gasteiger partial charge in [-0.3, -0.25) is 0 Å². The zero-order valence-corrected chi connectivity index (χ0v) is 47.3. The van der Waals surface area contributed by atoms with E-state index in [-0.39, 0.29) is 26.2 Å². The molecule has 0 aromatic heterocycles. The van der Waals surface area contributed by atoms with Gasteiger partial charge in [-0.05, 0) is 67.1 Å². The number of fused-ring (bicyclic) bond motifs is 6. The van der Waals surface area contributed by atoms with E-state index in [1.807, 2.05) is 0 Å². The van der Waals surface area contributed by atoms with Crippen LogP contribution in [-0.2, 0) is 39.0 Å². The summed E-state index contributed by atoms with van der Waals surface area (Å²) in [4.78, 5) is 0. The minimum atomic E-state index is 0. The molecule has 0 N–H and O–H groups in total. The molecule has 12 rings (SSSR count). The molecule has 2 heteroatoms. The molecule has 0 heterocycles. The third kappa shape index (κ3) is 11.3. The van der Waals surface area contributed by atoms with Gasteiger partial charge in [0.05, 0.1) is 0 Å². The Bertz CT molecular complexity index is 3290. The fraction of sp³-hybridized carbons (Fsp3) is 0.194. The quantitative estimate of drug-likeness (QED) is 0.0578. The van der Waals surface area contributed by atoms with Crippen LogP contribution in [0.25, 0.3) is 109 Å². The molecule has 0 saturated heterocycles. The van der Waals surface area contributed by atoms with Gasteiger partial charge < -0.3 is 0 Å². The number of hydrogen-bond acceptors (Lipinski definition) is 0. The first kappa shape index (κ1) is 52.4. The Hall–Kier alpha value is -6.44. The van der Waals surface area contributed by atoms with E-state index >= 15 is 0 Å². The van der Waals surface area contributed by atoms with Crippen LogP contribution in [-0.4, -0.2) is 9.52 Å². The smallest absolute Gasteiger partial charge is 0.164 e.